The van der Waals surface area contributed by atoms with Gasteiger partial charge in [-0.3, -0.25) is 9.80 Å². The van der Waals surface area contributed by atoms with Crippen molar-refractivity contribution >= 4 is 0 Å². The first-order valence-corrected chi connectivity index (χ1v) is 14.7. The van der Waals surface area contributed by atoms with Crippen LogP contribution in [0.1, 0.15) is 93.4 Å². The molecule has 0 N–H and O–H groups in total. The fourth-order valence-electron chi connectivity index (χ4n) is 5.21. The summed E-state index contributed by atoms with van der Waals surface area (Å²) < 4.78 is 5.83. The van der Waals surface area contributed by atoms with Crippen LogP contribution in [0.3, 0.4) is 0 Å². The molecule has 2 heterocycles. The number of likely N-dealkylation sites (tertiary alicyclic amines) is 1. The monoisotopic (exact) mass is 501 g/mol. The Bertz CT molecular complexity index is 644. The van der Waals surface area contributed by atoms with Crippen LogP contribution in [-0.4, -0.2) is 79.8 Å². The van der Waals surface area contributed by atoms with Gasteiger partial charge in [-0.2, -0.15) is 0 Å². The molecule has 1 unspecified atom stereocenters. The molecule has 0 amide bonds. The molecule has 2 rings (SSSR count). The van der Waals surface area contributed by atoms with Crippen LogP contribution in [0, 0.1) is 24.2 Å². The van der Waals surface area contributed by atoms with Gasteiger partial charge < -0.3 is 9.64 Å². The predicted octanol–water partition coefficient (Wildman–Crippen LogP) is 6.84. The summed E-state index contributed by atoms with van der Waals surface area (Å²) in [6, 6.07) is 0. The average molecular weight is 502 g/mol. The topological polar surface area (TPSA) is 19.0 Å². The third kappa shape index (κ3) is 12.8. The van der Waals surface area contributed by atoms with E-state index in [-0.39, 0.29) is 0 Å². The van der Waals surface area contributed by atoms with E-state index in [1.54, 1.807) is 5.57 Å². The van der Waals surface area contributed by atoms with Gasteiger partial charge in [0, 0.05) is 58.1 Å². The number of piperazine rings is 1. The first kappa shape index (κ1) is 32.7. The maximum absolute atomic E-state index is 5.83. The summed E-state index contributed by atoms with van der Waals surface area (Å²) in [5.74, 6) is 0.628. The summed E-state index contributed by atoms with van der Waals surface area (Å²) in [6.07, 6.45) is 22.3. The minimum Gasteiger partial charge on any atom is -0.378 e. The molecule has 0 radical (unpaired) electrons. The zero-order chi connectivity index (χ0) is 27.0. The molecule has 0 bridgehead atoms. The summed E-state index contributed by atoms with van der Waals surface area (Å²) in [6.45, 7) is 26.6. The van der Waals surface area contributed by atoms with Crippen molar-refractivity contribution < 1.29 is 4.74 Å². The highest BCUT2D eigenvalue weighted by molar-refractivity contribution is 5.26. The number of rotatable bonds is 13. The van der Waals surface area contributed by atoms with E-state index in [0.29, 0.717) is 17.4 Å². The SMILES string of the molecule is C#C.CCCCCN1CCN(C(/C=C\CN2CCC(OCC)CC2)=C(/C)C(C)CCC(C)(C)C)CC1. The Morgan fingerprint density at radius 2 is 1.61 bits per heavy atom. The summed E-state index contributed by atoms with van der Waals surface area (Å²) >= 11 is 0. The second kappa shape index (κ2) is 18.1. The smallest absolute Gasteiger partial charge is 0.0599 e. The van der Waals surface area contributed by atoms with Crippen LogP contribution < -0.4 is 0 Å². The molecule has 1 atom stereocenters. The van der Waals surface area contributed by atoms with Crippen LogP contribution in [0.5, 0.6) is 0 Å². The third-order valence-electron chi connectivity index (χ3n) is 7.84. The van der Waals surface area contributed by atoms with Gasteiger partial charge in [0.15, 0.2) is 0 Å². The van der Waals surface area contributed by atoms with Crippen LogP contribution in [0.15, 0.2) is 23.4 Å². The van der Waals surface area contributed by atoms with E-state index >= 15 is 0 Å². The van der Waals surface area contributed by atoms with Crippen LogP contribution in [0.2, 0.25) is 0 Å². The van der Waals surface area contributed by atoms with Crippen LogP contribution in [0.25, 0.3) is 0 Å². The number of nitrogens with zero attached hydrogens (tertiary/aromatic N) is 3. The van der Waals surface area contributed by atoms with Crippen LogP contribution >= 0.6 is 0 Å². The number of hydrogen-bond donors (Lipinski definition) is 0. The second-order valence-corrected chi connectivity index (χ2v) is 12.0. The van der Waals surface area contributed by atoms with Gasteiger partial charge in [-0.15, -0.1) is 12.8 Å². The fourth-order valence-corrected chi connectivity index (χ4v) is 5.21. The van der Waals surface area contributed by atoms with E-state index in [2.05, 4.69) is 88.2 Å². The number of allylic oxidation sites excluding steroid dienone is 2. The lowest BCUT2D eigenvalue weighted by molar-refractivity contribution is 0.0167. The Balaban J connectivity index is 0.00000316. The van der Waals surface area contributed by atoms with Crippen molar-refractivity contribution in [1.82, 2.24) is 14.7 Å². The molecule has 0 aromatic heterocycles. The standard InChI is InChI=1S/C30H57N3O.C2H2/c1-8-10-11-18-32-22-24-33(25-23-32)29(27(4)26(3)14-17-30(5,6)7)13-12-19-31-20-15-28(16-21-31)34-9-2;1-2/h12-13,26,28H,8-11,14-25H2,1-7H3;1-2H/b13-12-,29-27-;. The summed E-state index contributed by atoms with van der Waals surface area (Å²) in [7, 11) is 0. The Kier molecular flexibility index (Phi) is 16.4. The Hall–Kier alpha value is -1.28. The van der Waals surface area contributed by atoms with Crippen molar-refractivity contribution in [1.29, 1.82) is 0 Å². The second-order valence-electron chi connectivity index (χ2n) is 12.0. The van der Waals surface area contributed by atoms with E-state index in [0.717, 1.165) is 39.3 Å². The molecular weight excluding hydrogens is 442 g/mol. The van der Waals surface area contributed by atoms with Crippen LogP contribution in [-0.2, 0) is 4.74 Å². The number of unbranched alkanes of at least 4 members (excludes halogenated alkanes) is 2. The molecule has 2 saturated heterocycles. The average Bonchev–Trinajstić information content (AvgIpc) is 2.87. The molecule has 0 aromatic rings. The molecule has 2 fully saturated rings. The van der Waals surface area contributed by atoms with E-state index in [4.69, 9.17) is 4.74 Å². The number of ether oxygens (including phenoxy) is 1. The quantitative estimate of drug-likeness (QED) is 0.156. The third-order valence-corrected chi connectivity index (χ3v) is 7.84. The van der Waals surface area contributed by atoms with E-state index in [9.17, 15) is 0 Å². The van der Waals surface area contributed by atoms with Gasteiger partial charge in [0.25, 0.3) is 0 Å². The maximum atomic E-state index is 5.83. The van der Waals surface area contributed by atoms with Gasteiger partial charge in [0.2, 0.25) is 0 Å². The minimum absolute atomic E-state index is 0.405. The Morgan fingerprint density at radius 3 is 2.17 bits per heavy atom. The molecule has 4 nitrogen and oxygen atoms in total. The van der Waals surface area contributed by atoms with Gasteiger partial charge in [0.05, 0.1) is 6.10 Å². The minimum atomic E-state index is 0.405. The lowest BCUT2D eigenvalue weighted by Gasteiger charge is -2.38. The van der Waals surface area contributed by atoms with Crippen molar-refractivity contribution in [2.24, 2.45) is 11.3 Å². The van der Waals surface area contributed by atoms with E-state index < -0.39 is 0 Å². The molecular formula is C32H59N3O. The normalized spacial score (nSPS) is 20.2. The zero-order valence-electron chi connectivity index (χ0n) is 25.0. The number of piperidine rings is 1. The van der Waals surface area contributed by atoms with Crippen molar-refractivity contribution in [2.75, 3.05) is 59.0 Å². The largest absolute Gasteiger partial charge is 0.378 e. The summed E-state index contributed by atoms with van der Waals surface area (Å²) in [4.78, 5) is 7.94. The zero-order valence-corrected chi connectivity index (χ0v) is 25.0. The van der Waals surface area contributed by atoms with Gasteiger partial charge in [-0.25, -0.2) is 0 Å². The van der Waals surface area contributed by atoms with Gasteiger partial charge >= 0.3 is 0 Å². The lowest BCUT2D eigenvalue weighted by Crippen LogP contribution is -2.46. The Labute approximate surface area is 225 Å². The first-order chi connectivity index (χ1) is 17.2. The highest BCUT2D eigenvalue weighted by atomic mass is 16.5. The molecule has 0 aliphatic carbocycles. The summed E-state index contributed by atoms with van der Waals surface area (Å²) in [5.41, 5.74) is 3.48. The summed E-state index contributed by atoms with van der Waals surface area (Å²) in [5, 5.41) is 0. The fraction of sp³-hybridized carbons (Fsp3) is 0.812. The first-order valence-electron chi connectivity index (χ1n) is 14.7. The van der Waals surface area contributed by atoms with Gasteiger partial charge in [-0.1, -0.05) is 53.5 Å². The molecule has 2 aliphatic heterocycles. The number of terminal acetylenes is 1. The molecule has 0 aromatic carbocycles. The van der Waals surface area contributed by atoms with Crippen molar-refractivity contribution in [3.05, 3.63) is 23.4 Å². The van der Waals surface area contributed by atoms with Crippen molar-refractivity contribution in [3.63, 3.8) is 0 Å². The molecule has 0 saturated carbocycles. The molecule has 36 heavy (non-hydrogen) atoms. The molecule has 2 aliphatic rings. The lowest BCUT2D eigenvalue weighted by atomic mass is 9.84. The highest BCUT2D eigenvalue weighted by Crippen LogP contribution is 2.29. The van der Waals surface area contributed by atoms with Crippen molar-refractivity contribution in [2.45, 2.75) is 99.5 Å². The Morgan fingerprint density at radius 1 is 0.972 bits per heavy atom. The molecule has 4 heteroatoms. The highest BCUT2D eigenvalue weighted by Gasteiger charge is 2.22. The van der Waals surface area contributed by atoms with Gasteiger partial charge in [0.1, 0.15) is 0 Å². The maximum Gasteiger partial charge on any atom is 0.0599 e. The van der Waals surface area contributed by atoms with E-state index in [1.807, 2.05) is 0 Å². The van der Waals surface area contributed by atoms with E-state index in [1.165, 1.54) is 70.3 Å². The van der Waals surface area contributed by atoms with Crippen molar-refractivity contribution in [3.8, 4) is 12.8 Å². The van der Waals surface area contributed by atoms with Gasteiger partial charge in [-0.05, 0) is 75.5 Å². The van der Waals surface area contributed by atoms with Crippen LogP contribution in [0.4, 0.5) is 0 Å². The predicted molar refractivity (Wildman–Crippen MR) is 158 cm³/mol. The number of hydrogen-bond acceptors (Lipinski definition) is 4. The molecule has 0 spiro atoms. The molecule has 208 valence electrons.